The Hall–Kier alpha value is -4.07. The number of benzene rings is 2. The summed E-state index contributed by atoms with van der Waals surface area (Å²) in [5.74, 6) is -2.41. The molecule has 1 aliphatic heterocycles. The minimum atomic E-state index is -4.91. The fraction of sp³-hybridized carbons (Fsp3) is 0.346. The molecule has 1 aromatic heterocycles. The first-order valence-electron chi connectivity index (χ1n) is 12.1. The number of aliphatic carboxylic acids is 1. The summed E-state index contributed by atoms with van der Waals surface area (Å²) >= 11 is 6.07. The number of carbonyl (C=O) groups is 2. The number of carboxylic acid groups (broad SMARTS) is 1. The van der Waals surface area contributed by atoms with Gasteiger partial charge in [0.2, 0.25) is 5.88 Å². The van der Waals surface area contributed by atoms with Crippen LogP contribution in [0.2, 0.25) is 5.02 Å². The van der Waals surface area contributed by atoms with Crippen molar-refractivity contribution in [2.24, 2.45) is 10.8 Å². The molecule has 216 valence electrons. The lowest BCUT2D eigenvalue weighted by Gasteiger charge is -2.67. The molecule has 9 nitrogen and oxygen atoms in total. The number of nitrogens with zero attached hydrogens (tertiary/aromatic N) is 3. The summed E-state index contributed by atoms with van der Waals surface area (Å²) in [5, 5.41) is 12.2. The van der Waals surface area contributed by atoms with Crippen LogP contribution >= 0.6 is 11.6 Å². The molecule has 0 spiro atoms. The zero-order valence-corrected chi connectivity index (χ0v) is 21.7. The van der Waals surface area contributed by atoms with E-state index in [1.807, 2.05) is 0 Å². The molecule has 3 aliphatic carbocycles. The van der Waals surface area contributed by atoms with Crippen LogP contribution in [0.4, 0.5) is 27.6 Å². The largest absolute Gasteiger partial charge is 0.586 e. The van der Waals surface area contributed by atoms with Crippen molar-refractivity contribution in [3.8, 4) is 23.1 Å². The molecule has 0 atom stereocenters. The number of rotatable bonds is 7. The third kappa shape index (κ3) is 4.40. The van der Waals surface area contributed by atoms with E-state index in [-0.39, 0.29) is 35.0 Å². The van der Waals surface area contributed by atoms with E-state index in [1.165, 1.54) is 49.5 Å². The van der Waals surface area contributed by atoms with Crippen molar-refractivity contribution in [2.75, 3.05) is 18.6 Å². The smallest absolute Gasteiger partial charge is 0.481 e. The lowest BCUT2D eigenvalue weighted by Crippen LogP contribution is -2.67. The molecule has 0 radical (unpaired) electrons. The second-order valence-corrected chi connectivity index (χ2v) is 10.9. The summed E-state index contributed by atoms with van der Waals surface area (Å²) in [6, 6.07) is 9.26. The molecule has 0 saturated heterocycles. The molecule has 1 N–H and O–H groups in total. The van der Waals surface area contributed by atoms with Gasteiger partial charge in [0.1, 0.15) is 5.02 Å². The number of fused-ring (bicyclic) bond motifs is 1. The molecule has 7 rings (SSSR count). The Kier molecular flexibility index (Phi) is 5.76. The molecule has 1 amide bonds. The minimum Gasteiger partial charge on any atom is -0.481 e. The molecule has 3 fully saturated rings. The van der Waals surface area contributed by atoms with Crippen LogP contribution in [0, 0.1) is 10.8 Å². The maximum Gasteiger partial charge on any atom is 0.586 e. The average Bonchev–Trinajstić information content (AvgIpc) is 3.35. The molecular formula is C26H19ClF5N3O6. The van der Waals surface area contributed by atoms with Gasteiger partial charge in [0.25, 0.3) is 5.91 Å². The van der Waals surface area contributed by atoms with E-state index in [0.29, 0.717) is 19.3 Å². The van der Waals surface area contributed by atoms with Gasteiger partial charge in [-0.3, -0.25) is 9.59 Å². The number of ether oxygens (including phenoxy) is 3. The summed E-state index contributed by atoms with van der Waals surface area (Å²) in [6.45, 7) is -0.0603. The van der Waals surface area contributed by atoms with Crippen LogP contribution < -0.4 is 19.1 Å². The summed E-state index contributed by atoms with van der Waals surface area (Å²) in [5.41, 5.74) is -2.42. The van der Waals surface area contributed by atoms with Crippen LogP contribution in [0.5, 0.6) is 17.4 Å². The van der Waals surface area contributed by atoms with Crippen molar-refractivity contribution in [2.45, 2.75) is 31.7 Å². The average molecular weight is 600 g/mol. The van der Waals surface area contributed by atoms with Gasteiger partial charge in [-0.25, -0.2) is 0 Å². The molecule has 0 unspecified atom stereocenters. The van der Waals surface area contributed by atoms with Crippen molar-refractivity contribution in [3.63, 3.8) is 0 Å². The van der Waals surface area contributed by atoms with Crippen LogP contribution in [0.1, 0.15) is 35.3 Å². The number of carbonyl (C=O) groups excluding carboxylic acids is 1. The van der Waals surface area contributed by atoms with Crippen molar-refractivity contribution < 1.29 is 50.9 Å². The Labute approximate surface area is 232 Å². The van der Waals surface area contributed by atoms with Crippen LogP contribution in [-0.2, 0) is 11.0 Å². The van der Waals surface area contributed by atoms with E-state index in [4.69, 9.17) is 16.3 Å². The number of carboxylic acids is 1. The number of aromatic nitrogens is 2. The first kappa shape index (κ1) is 27.1. The number of hydrogen-bond donors (Lipinski definition) is 1. The molecule has 4 aliphatic rings. The zero-order chi connectivity index (χ0) is 29.5. The third-order valence-electron chi connectivity index (χ3n) is 7.58. The van der Waals surface area contributed by atoms with Gasteiger partial charge in [-0.05, 0) is 49.6 Å². The predicted octanol–water partition coefficient (Wildman–Crippen LogP) is 5.78. The van der Waals surface area contributed by atoms with E-state index in [1.54, 1.807) is 0 Å². The number of anilines is 1. The van der Waals surface area contributed by atoms with E-state index < -0.39 is 51.8 Å². The molecular weight excluding hydrogens is 581 g/mol. The number of halogens is 6. The molecule has 3 saturated carbocycles. The van der Waals surface area contributed by atoms with Gasteiger partial charge in [-0.15, -0.1) is 8.78 Å². The van der Waals surface area contributed by atoms with E-state index in [2.05, 4.69) is 14.6 Å². The van der Waals surface area contributed by atoms with Crippen molar-refractivity contribution in [1.82, 2.24) is 9.78 Å². The van der Waals surface area contributed by atoms with Crippen molar-refractivity contribution in [1.29, 1.82) is 0 Å². The Morgan fingerprint density at radius 2 is 1.80 bits per heavy atom. The van der Waals surface area contributed by atoms with Crippen LogP contribution in [0.15, 0.2) is 42.5 Å². The Morgan fingerprint density at radius 1 is 1.12 bits per heavy atom. The lowest BCUT2D eigenvalue weighted by molar-refractivity contribution is -0.286. The normalized spacial score (nSPS) is 23.4. The van der Waals surface area contributed by atoms with Crippen molar-refractivity contribution in [3.05, 3.63) is 58.7 Å². The fourth-order valence-corrected chi connectivity index (χ4v) is 5.97. The monoisotopic (exact) mass is 599 g/mol. The molecule has 3 aromatic rings. The van der Waals surface area contributed by atoms with Gasteiger partial charge in [-0.1, -0.05) is 17.7 Å². The number of alkyl halides is 5. The lowest BCUT2D eigenvalue weighted by atomic mass is 9.35. The van der Waals surface area contributed by atoms with Gasteiger partial charge in [0.05, 0.1) is 17.7 Å². The molecule has 15 heteroatoms. The quantitative estimate of drug-likeness (QED) is 0.344. The molecule has 2 aromatic carbocycles. The molecule has 41 heavy (non-hydrogen) atoms. The van der Waals surface area contributed by atoms with Gasteiger partial charge in [0.15, 0.2) is 17.2 Å². The van der Waals surface area contributed by atoms with Crippen molar-refractivity contribution >= 4 is 29.2 Å². The van der Waals surface area contributed by atoms with Gasteiger partial charge < -0.3 is 24.2 Å². The maximum absolute atomic E-state index is 13.7. The highest BCUT2D eigenvalue weighted by Crippen LogP contribution is 2.73. The zero-order valence-electron chi connectivity index (χ0n) is 21.0. The summed E-state index contributed by atoms with van der Waals surface area (Å²) in [7, 11) is 1.37. The first-order valence-corrected chi connectivity index (χ1v) is 12.5. The molecule has 2 bridgehead atoms. The SMILES string of the molecule is CN(C(=O)c1cccc(-n2nc(C(F)(F)F)c(Cl)c2OCC23CC(C(=O)O)(C2)C3)c1)c1ccc2c(c1)OC(F)(F)O2. The first-order chi connectivity index (χ1) is 19.1. The van der Waals surface area contributed by atoms with Gasteiger partial charge in [0, 0.05) is 29.8 Å². The summed E-state index contributed by atoms with van der Waals surface area (Å²) in [4.78, 5) is 25.8. The van der Waals surface area contributed by atoms with E-state index >= 15 is 0 Å². The Balaban J connectivity index is 1.27. The third-order valence-corrected chi connectivity index (χ3v) is 7.92. The predicted molar refractivity (Wildman–Crippen MR) is 131 cm³/mol. The Morgan fingerprint density at radius 3 is 2.46 bits per heavy atom. The summed E-state index contributed by atoms with van der Waals surface area (Å²) < 4.78 is 83.2. The second-order valence-electron chi connectivity index (χ2n) is 10.5. The highest BCUT2D eigenvalue weighted by molar-refractivity contribution is 6.32. The van der Waals surface area contributed by atoms with Crippen LogP contribution in [-0.4, -0.2) is 46.7 Å². The standard InChI is InChI=1S/C26H19ClF5N3O6/c1-34(14-5-6-16-17(8-14)41-26(31,32)40-16)20(36)13-3-2-4-15(7-13)35-21(18(27)19(33-35)25(28,29)30)39-12-23-9-24(10-23,11-23)22(37)38/h2-8H,9-12H2,1H3,(H,37,38). The van der Waals surface area contributed by atoms with E-state index in [9.17, 15) is 36.6 Å². The highest BCUT2D eigenvalue weighted by atomic mass is 35.5. The Bertz CT molecular complexity index is 1590. The minimum absolute atomic E-state index is 0.0292. The second kappa shape index (κ2) is 8.71. The molecule has 2 heterocycles. The van der Waals surface area contributed by atoms with Gasteiger partial charge in [-0.2, -0.15) is 23.0 Å². The fourth-order valence-electron chi connectivity index (χ4n) is 5.69. The summed E-state index contributed by atoms with van der Waals surface area (Å²) in [6.07, 6.45) is -7.70. The number of amides is 1. The maximum atomic E-state index is 13.7. The van der Waals surface area contributed by atoms with Gasteiger partial charge >= 0.3 is 18.4 Å². The highest BCUT2D eigenvalue weighted by Gasteiger charge is 2.72. The number of hydrogen-bond acceptors (Lipinski definition) is 6. The van der Waals surface area contributed by atoms with Crippen LogP contribution in [0.25, 0.3) is 5.69 Å². The van der Waals surface area contributed by atoms with E-state index in [0.717, 1.165) is 9.58 Å². The van der Waals surface area contributed by atoms with Crippen LogP contribution in [0.3, 0.4) is 0 Å². The topological polar surface area (TPSA) is 103 Å².